The van der Waals surface area contributed by atoms with Gasteiger partial charge in [0, 0.05) is 24.8 Å². The van der Waals surface area contributed by atoms with Crippen molar-refractivity contribution in [2.75, 3.05) is 24.7 Å². The summed E-state index contributed by atoms with van der Waals surface area (Å²) >= 11 is 0. The van der Waals surface area contributed by atoms with Gasteiger partial charge in [-0.2, -0.15) is 0 Å². The monoisotopic (exact) mass is 216 g/mol. The summed E-state index contributed by atoms with van der Waals surface area (Å²) in [5.74, 6) is 0.881. The maximum absolute atomic E-state index is 2.65. The lowest BCUT2D eigenvalue weighted by Crippen LogP contribution is -2.39. The first kappa shape index (κ1) is 10.2. The van der Waals surface area contributed by atoms with Crippen LogP contribution < -0.4 is 4.90 Å². The average molecular weight is 216 g/mol. The number of benzene rings is 1. The van der Waals surface area contributed by atoms with E-state index in [9.17, 15) is 0 Å². The molecule has 0 aliphatic carbocycles. The fourth-order valence-electron chi connectivity index (χ4n) is 3.04. The molecular formula is C14H20N2. The van der Waals surface area contributed by atoms with E-state index in [1.54, 1.807) is 0 Å². The number of fused-ring (bicyclic) bond motifs is 1. The van der Waals surface area contributed by atoms with E-state index < -0.39 is 0 Å². The minimum atomic E-state index is 0.802. The molecule has 0 N–H and O–H groups in total. The number of piperidine rings is 1. The molecule has 0 saturated carbocycles. The first-order valence-corrected chi connectivity index (χ1v) is 6.37. The van der Waals surface area contributed by atoms with E-state index in [-0.39, 0.29) is 0 Å². The van der Waals surface area contributed by atoms with Gasteiger partial charge in [-0.3, -0.25) is 4.90 Å². The summed E-state index contributed by atoms with van der Waals surface area (Å²) in [7, 11) is 0. The number of hydrogen-bond acceptors (Lipinski definition) is 2. The molecule has 0 radical (unpaired) electrons. The lowest BCUT2D eigenvalue weighted by Gasteiger charge is -2.31. The Bertz CT molecular complexity index is 349. The maximum Gasteiger partial charge on any atom is 0.0710 e. The van der Waals surface area contributed by atoms with E-state index in [1.165, 1.54) is 31.6 Å². The molecule has 86 valence electrons. The molecule has 2 aliphatic heterocycles. The minimum absolute atomic E-state index is 0.802. The van der Waals surface area contributed by atoms with Crippen LogP contribution in [0.3, 0.4) is 0 Å². The minimum Gasteiger partial charge on any atom is -0.357 e. The van der Waals surface area contributed by atoms with Crippen LogP contribution in [0.4, 0.5) is 5.69 Å². The van der Waals surface area contributed by atoms with Crippen molar-refractivity contribution in [2.45, 2.75) is 25.8 Å². The zero-order valence-electron chi connectivity index (χ0n) is 9.97. The van der Waals surface area contributed by atoms with Gasteiger partial charge in [0.2, 0.25) is 0 Å². The van der Waals surface area contributed by atoms with Gasteiger partial charge in [-0.15, -0.1) is 0 Å². The first-order valence-electron chi connectivity index (χ1n) is 6.37. The second-order valence-corrected chi connectivity index (χ2v) is 5.31. The second-order valence-electron chi connectivity index (χ2n) is 5.31. The fourth-order valence-corrected chi connectivity index (χ4v) is 3.04. The lowest BCUT2D eigenvalue weighted by atomic mass is 9.95. The molecule has 0 amide bonds. The zero-order chi connectivity index (χ0) is 11.0. The predicted molar refractivity (Wildman–Crippen MR) is 67.5 cm³/mol. The average Bonchev–Trinajstić information content (AvgIpc) is 2.73. The van der Waals surface area contributed by atoms with E-state index in [2.05, 4.69) is 47.1 Å². The highest BCUT2D eigenvalue weighted by atomic mass is 15.4. The molecule has 2 saturated heterocycles. The van der Waals surface area contributed by atoms with Crippen LogP contribution in [-0.2, 0) is 0 Å². The summed E-state index contributed by atoms with van der Waals surface area (Å²) < 4.78 is 0. The van der Waals surface area contributed by atoms with Crippen molar-refractivity contribution in [3.8, 4) is 0 Å². The van der Waals surface area contributed by atoms with Crippen molar-refractivity contribution in [3.63, 3.8) is 0 Å². The van der Waals surface area contributed by atoms with Crippen molar-refractivity contribution < 1.29 is 0 Å². The molecule has 0 aromatic heterocycles. The smallest absolute Gasteiger partial charge is 0.0710 e. The van der Waals surface area contributed by atoms with E-state index in [0.717, 1.165) is 18.6 Å². The Labute approximate surface area is 97.9 Å². The standard InChI is InChI=1S/C14H20N2/c1-12-7-8-14-10-16(11-15(14)9-12)13-5-3-2-4-6-13/h2-6,12,14H,7-11H2,1H3/t12-,14-/m1/s1. The predicted octanol–water partition coefficient (Wildman–Crippen LogP) is 2.56. The van der Waals surface area contributed by atoms with Gasteiger partial charge in [0.1, 0.15) is 0 Å². The van der Waals surface area contributed by atoms with Crippen molar-refractivity contribution in [2.24, 2.45) is 5.92 Å². The Morgan fingerprint density at radius 3 is 2.69 bits per heavy atom. The van der Waals surface area contributed by atoms with Crippen LogP contribution in [0.1, 0.15) is 19.8 Å². The highest BCUT2D eigenvalue weighted by molar-refractivity contribution is 5.47. The topological polar surface area (TPSA) is 6.48 Å². The van der Waals surface area contributed by atoms with E-state index in [4.69, 9.17) is 0 Å². The number of rotatable bonds is 1. The Morgan fingerprint density at radius 2 is 1.88 bits per heavy atom. The van der Waals surface area contributed by atoms with Crippen molar-refractivity contribution >= 4 is 5.69 Å². The Kier molecular flexibility index (Phi) is 2.60. The highest BCUT2D eigenvalue weighted by Crippen LogP contribution is 2.29. The summed E-state index contributed by atoms with van der Waals surface area (Å²) in [6, 6.07) is 11.6. The summed E-state index contributed by atoms with van der Waals surface area (Å²) in [6.07, 6.45) is 2.79. The second kappa shape index (κ2) is 4.10. The maximum atomic E-state index is 2.65. The molecule has 2 aliphatic rings. The van der Waals surface area contributed by atoms with Crippen LogP contribution in [0.5, 0.6) is 0 Å². The third-order valence-corrected chi connectivity index (χ3v) is 3.96. The van der Waals surface area contributed by atoms with E-state index >= 15 is 0 Å². The fraction of sp³-hybridized carbons (Fsp3) is 0.571. The summed E-state index contributed by atoms with van der Waals surface area (Å²) in [5, 5.41) is 0. The quantitative estimate of drug-likeness (QED) is 0.712. The van der Waals surface area contributed by atoms with Gasteiger partial charge >= 0.3 is 0 Å². The normalized spacial score (nSPS) is 30.4. The third-order valence-electron chi connectivity index (χ3n) is 3.96. The molecule has 1 aromatic carbocycles. The van der Waals surface area contributed by atoms with Gasteiger partial charge in [-0.1, -0.05) is 25.1 Å². The van der Waals surface area contributed by atoms with Gasteiger partial charge in [0.15, 0.2) is 0 Å². The Morgan fingerprint density at radius 1 is 1.06 bits per heavy atom. The molecule has 2 atom stereocenters. The van der Waals surface area contributed by atoms with Crippen molar-refractivity contribution in [3.05, 3.63) is 30.3 Å². The van der Waals surface area contributed by atoms with Crippen LogP contribution in [0, 0.1) is 5.92 Å². The Balaban J connectivity index is 1.73. The largest absolute Gasteiger partial charge is 0.357 e. The van der Waals surface area contributed by atoms with Crippen LogP contribution >= 0.6 is 0 Å². The van der Waals surface area contributed by atoms with E-state index in [0.29, 0.717) is 0 Å². The van der Waals surface area contributed by atoms with Gasteiger partial charge in [-0.05, 0) is 30.9 Å². The van der Waals surface area contributed by atoms with Crippen LogP contribution in [0.25, 0.3) is 0 Å². The number of anilines is 1. The molecule has 3 rings (SSSR count). The van der Waals surface area contributed by atoms with E-state index in [1.807, 2.05) is 0 Å². The Hall–Kier alpha value is -1.02. The molecular weight excluding hydrogens is 196 g/mol. The first-order chi connectivity index (χ1) is 7.83. The summed E-state index contributed by atoms with van der Waals surface area (Å²) in [4.78, 5) is 5.17. The third kappa shape index (κ3) is 1.82. The van der Waals surface area contributed by atoms with Crippen LogP contribution in [0.15, 0.2) is 30.3 Å². The van der Waals surface area contributed by atoms with Gasteiger partial charge in [0.25, 0.3) is 0 Å². The number of nitrogens with zero attached hydrogens (tertiary/aromatic N) is 2. The SMILES string of the molecule is C[C@@H]1CC[C@@H]2CN(c3ccccc3)CN2C1. The molecule has 2 nitrogen and oxygen atoms in total. The highest BCUT2D eigenvalue weighted by Gasteiger charge is 2.34. The molecule has 0 spiro atoms. The molecule has 2 heterocycles. The zero-order valence-corrected chi connectivity index (χ0v) is 9.97. The van der Waals surface area contributed by atoms with Crippen LogP contribution in [0.2, 0.25) is 0 Å². The number of hydrogen-bond donors (Lipinski definition) is 0. The number of para-hydroxylation sites is 1. The summed E-state index contributed by atoms with van der Waals surface area (Å²) in [6.45, 7) is 6.01. The van der Waals surface area contributed by atoms with Crippen molar-refractivity contribution in [1.29, 1.82) is 0 Å². The van der Waals surface area contributed by atoms with Crippen LogP contribution in [-0.4, -0.2) is 30.7 Å². The van der Waals surface area contributed by atoms with Gasteiger partial charge in [-0.25, -0.2) is 0 Å². The molecule has 2 fully saturated rings. The molecule has 0 unspecified atom stereocenters. The lowest BCUT2D eigenvalue weighted by molar-refractivity contribution is 0.161. The molecule has 1 aromatic rings. The van der Waals surface area contributed by atoms with Gasteiger partial charge < -0.3 is 4.90 Å². The molecule has 16 heavy (non-hydrogen) atoms. The molecule has 2 heteroatoms. The summed E-state index contributed by atoms with van der Waals surface area (Å²) in [5.41, 5.74) is 1.38. The molecule has 0 bridgehead atoms. The van der Waals surface area contributed by atoms with Gasteiger partial charge in [0.05, 0.1) is 6.67 Å². The van der Waals surface area contributed by atoms with Crippen molar-refractivity contribution in [1.82, 2.24) is 4.90 Å².